The maximum atomic E-state index is 12.8. The van der Waals surface area contributed by atoms with Gasteiger partial charge in [0.15, 0.2) is 0 Å². The maximum absolute atomic E-state index is 12.8. The number of fused-ring (bicyclic) bond motifs is 1. The van der Waals surface area contributed by atoms with Gasteiger partial charge < -0.3 is 9.80 Å². The van der Waals surface area contributed by atoms with Crippen molar-refractivity contribution in [1.29, 1.82) is 0 Å². The van der Waals surface area contributed by atoms with Gasteiger partial charge in [0.1, 0.15) is 0 Å². The molecule has 5 nitrogen and oxygen atoms in total. The Balaban J connectivity index is 1.53. The number of pyridine rings is 1. The second kappa shape index (κ2) is 8.52. The molecule has 154 valence electrons. The van der Waals surface area contributed by atoms with Crippen molar-refractivity contribution in [1.82, 2.24) is 14.8 Å². The summed E-state index contributed by atoms with van der Waals surface area (Å²) in [6.45, 7) is 1.51. The number of hydrogen-bond acceptors (Lipinski definition) is 3. The molecule has 1 aliphatic carbocycles. The molecule has 0 unspecified atom stereocenters. The van der Waals surface area contributed by atoms with Crippen molar-refractivity contribution in [3.8, 4) is 0 Å². The van der Waals surface area contributed by atoms with Crippen LogP contribution in [-0.2, 0) is 4.79 Å². The number of rotatable bonds is 4. The molecular formula is C24H31N3O2. The molecule has 29 heavy (non-hydrogen) atoms. The summed E-state index contributed by atoms with van der Waals surface area (Å²) in [7, 11) is 3.55. The van der Waals surface area contributed by atoms with E-state index in [2.05, 4.69) is 0 Å². The molecule has 4 rings (SSSR count). The molecule has 1 atom stereocenters. The van der Waals surface area contributed by atoms with Crippen LogP contribution in [0.2, 0.25) is 0 Å². The van der Waals surface area contributed by atoms with E-state index < -0.39 is 0 Å². The summed E-state index contributed by atoms with van der Waals surface area (Å²) in [5, 5.41) is 0.887. The molecule has 2 fully saturated rings. The summed E-state index contributed by atoms with van der Waals surface area (Å²) in [6, 6.07) is 9.77. The van der Waals surface area contributed by atoms with Gasteiger partial charge in [-0.05, 0) is 37.3 Å². The smallest absolute Gasteiger partial charge is 0.254 e. The summed E-state index contributed by atoms with van der Waals surface area (Å²) in [6.07, 6.45) is 7.86. The number of nitrogens with zero attached hydrogens (tertiary/aromatic N) is 3. The standard InChI is InChI=1S/C24H31N3O2/c1-26(2)24(29)20-15-22(25-21-11-7-6-10-19(20)21)18-12-13-27(16-18)23(28)14-17-8-4-3-5-9-17/h6-7,10-11,15,17-18H,3-5,8-9,12-14,16H2,1-2H3/t18-/m0/s1. The van der Waals surface area contributed by atoms with E-state index in [0.29, 0.717) is 30.4 Å². The van der Waals surface area contributed by atoms with Crippen LogP contribution in [0.25, 0.3) is 10.9 Å². The van der Waals surface area contributed by atoms with E-state index in [9.17, 15) is 9.59 Å². The van der Waals surface area contributed by atoms with Gasteiger partial charge in [0.05, 0.1) is 11.1 Å². The number of para-hydroxylation sites is 1. The fourth-order valence-corrected chi connectivity index (χ4v) is 4.82. The Kier molecular flexibility index (Phi) is 5.84. The van der Waals surface area contributed by atoms with E-state index in [1.165, 1.54) is 32.1 Å². The summed E-state index contributed by atoms with van der Waals surface area (Å²) >= 11 is 0. The third-order valence-corrected chi connectivity index (χ3v) is 6.52. The second-order valence-electron chi connectivity index (χ2n) is 8.84. The second-order valence-corrected chi connectivity index (χ2v) is 8.84. The van der Waals surface area contributed by atoms with Crippen LogP contribution >= 0.6 is 0 Å². The number of aromatic nitrogens is 1. The minimum absolute atomic E-state index is 0.00641. The third kappa shape index (κ3) is 4.29. The normalized spacial score (nSPS) is 20.2. The highest BCUT2D eigenvalue weighted by Crippen LogP contribution is 2.32. The van der Waals surface area contributed by atoms with Gasteiger partial charge in [0, 0.05) is 50.6 Å². The Labute approximate surface area is 173 Å². The first-order valence-corrected chi connectivity index (χ1v) is 10.9. The number of carbonyl (C=O) groups excluding carboxylic acids is 2. The van der Waals surface area contributed by atoms with Crippen LogP contribution in [0.5, 0.6) is 0 Å². The van der Waals surface area contributed by atoms with E-state index in [4.69, 9.17) is 4.98 Å². The molecule has 1 aliphatic heterocycles. The molecule has 1 saturated carbocycles. The van der Waals surface area contributed by atoms with E-state index in [-0.39, 0.29) is 11.8 Å². The first-order valence-electron chi connectivity index (χ1n) is 10.9. The predicted molar refractivity (Wildman–Crippen MR) is 115 cm³/mol. The summed E-state index contributed by atoms with van der Waals surface area (Å²) < 4.78 is 0. The van der Waals surface area contributed by atoms with Gasteiger partial charge in [-0.2, -0.15) is 0 Å². The summed E-state index contributed by atoms with van der Waals surface area (Å²) in [5.74, 6) is 1.06. The Morgan fingerprint density at radius 2 is 1.86 bits per heavy atom. The van der Waals surface area contributed by atoms with Crippen LogP contribution in [0.4, 0.5) is 0 Å². The Bertz CT molecular complexity index is 902. The quantitative estimate of drug-likeness (QED) is 0.781. The van der Waals surface area contributed by atoms with Gasteiger partial charge in [-0.1, -0.05) is 37.5 Å². The van der Waals surface area contributed by atoms with E-state index in [0.717, 1.165) is 29.6 Å². The van der Waals surface area contributed by atoms with E-state index in [1.54, 1.807) is 19.0 Å². The van der Waals surface area contributed by atoms with Crippen LogP contribution in [0.15, 0.2) is 30.3 Å². The number of carbonyl (C=O) groups is 2. The molecular weight excluding hydrogens is 362 g/mol. The largest absolute Gasteiger partial charge is 0.345 e. The molecule has 0 N–H and O–H groups in total. The average molecular weight is 394 g/mol. The molecule has 1 aromatic heterocycles. The van der Waals surface area contributed by atoms with Crippen LogP contribution < -0.4 is 0 Å². The van der Waals surface area contributed by atoms with Crippen molar-refractivity contribution in [3.63, 3.8) is 0 Å². The number of amides is 2. The first kappa shape index (κ1) is 19.9. The lowest BCUT2D eigenvalue weighted by Crippen LogP contribution is -2.30. The number of likely N-dealkylation sites (tertiary alicyclic amines) is 1. The summed E-state index contributed by atoms with van der Waals surface area (Å²) in [5.41, 5.74) is 2.48. The van der Waals surface area contributed by atoms with Crippen molar-refractivity contribution >= 4 is 22.7 Å². The monoisotopic (exact) mass is 393 g/mol. The molecule has 1 aromatic carbocycles. The SMILES string of the molecule is CN(C)C(=O)c1cc([C@H]2CCN(C(=O)CC3CCCCC3)C2)nc2ccccc12. The Morgan fingerprint density at radius 1 is 1.10 bits per heavy atom. The van der Waals surface area contributed by atoms with Crippen molar-refractivity contribution < 1.29 is 9.59 Å². The minimum atomic E-state index is -0.00641. The molecule has 0 radical (unpaired) electrons. The molecule has 2 amide bonds. The number of hydrogen-bond donors (Lipinski definition) is 0. The zero-order valence-corrected chi connectivity index (χ0v) is 17.6. The van der Waals surface area contributed by atoms with Gasteiger partial charge in [0.2, 0.25) is 5.91 Å². The predicted octanol–water partition coefficient (Wildman–Crippen LogP) is 4.22. The van der Waals surface area contributed by atoms with Crippen molar-refractivity contribution in [2.45, 2.75) is 50.9 Å². The van der Waals surface area contributed by atoms with Gasteiger partial charge in [-0.25, -0.2) is 0 Å². The zero-order valence-electron chi connectivity index (χ0n) is 17.6. The highest BCUT2D eigenvalue weighted by atomic mass is 16.2. The first-order chi connectivity index (χ1) is 14.0. The third-order valence-electron chi connectivity index (χ3n) is 6.52. The van der Waals surface area contributed by atoms with Gasteiger partial charge in [-0.3, -0.25) is 14.6 Å². The molecule has 5 heteroatoms. The fraction of sp³-hybridized carbons (Fsp3) is 0.542. The lowest BCUT2D eigenvalue weighted by Gasteiger charge is -2.24. The number of benzene rings is 1. The Morgan fingerprint density at radius 3 is 2.62 bits per heavy atom. The molecule has 2 aliphatic rings. The minimum Gasteiger partial charge on any atom is -0.345 e. The lowest BCUT2D eigenvalue weighted by molar-refractivity contribution is -0.131. The van der Waals surface area contributed by atoms with Crippen LogP contribution in [0.3, 0.4) is 0 Å². The topological polar surface area (TPSA) is 53.5 Å². The van der Waals surface area contributed by atoms with Gasteiger partial charge in [-0.15, -0.1) is 0 Å². The fourth-order valence-electron chi connectivity index (χ4n) is 4.82. The molecule has 2 aromatic rings. The average Bonchev–Trinajstić information content (AvgIpc) is 3.23. The van der Waals surface area contributed by atoms with Crippen molar-refractivity contribution in [3.05, 3.63) is 41.6 Å². The molecule has 2 heterocycles. The highest BCUT2D eigenvalue weighted by molar-refractivity contribution is 6.06. The maximum Gasteiger partial charge on any atom is 0.254 e. The zero-order chi connectivity index (χ0) is 20.4. The summed E-state index contributed by atoms with van der Waals surface area (Å²) in [4.78, 5) is 34.1. The lowest BCUT2D eigenvalue weighted by atomic mass is 9.87. The molecule has 0 spiro atoms. The van der Waals surface area contributed by atoms with E-state index >= 15 is 0 Å². The highest BCUT2D eigenvalue weighted by Gasteiger charge is 2.30. The molecule has 1 saturated heterocycles. The molecule has 0 bridgehead atoms. The van der Waals surface area contributed by atoms with Crippen LogP contribution in [0.1, 0.15) is 66.9 Å². The van der Waals surface area contributed by atoms with E-state index in [1.807, 2.05) is 35.2 Å². The van der Waals surface area contributed by atoms with Crippen molar-refractivity contribution in [2.75, 3.05) is 27.2 Å². The van der Waals surface area contributed by atoms with Crippen LogP contribution in [0, 0.1) is 5.92 Å². The van der Waals surface area contributed by atoms with Gasteiger partial charge >= 0.3 is 0 Å². The van der Waals surface area contributed by atoms with Crippen molar-refractivity contribution in [2.24, 2.45) is 5.92 Å². The van der Waals surface area contributed by atoms with Crippen LogP contribution in [-0.4, -0.2) is 53.8 Å². The van der Waals surface area contributed by atoms with Gasteiger partial charge in [0.25, 0.3) is 5.91 Å². The Hall–Kier alpha value is -2.43.